The van der Waals surface area contributed by atoms with Crippen LogP contribution in [0.25, 0.3) is 0 Å². The molecule has 3 heterocycles. The van der Waals surface area contributed by atoms with Gasteiger partial charge in [0.2, 0.25) is 0 Å². The number of hydrogen-bond donors (Lipinski definition) is 2. The molecule has 0 aromatic heterocycles. The first kappa shape index (κ1) is 27.9. The number of aliphatic hydroxyl groups excluding tert-OH is 2. The number of Topliss-reactive ketones (excluding diaryl/α,β-unsaturated/α-hetero) is 1. The highest BCUT2D eigenvalue weighted by Crippen LogP contribution is 2.44. The van der Waals surface area contributed by atoms with E-state index in [0.29, 0.717) is 19.3 Å². The van der Waals surface area contributed by atoms with Gasteiger partial charge in [0.25, 0.3) is 0 Å². The predicted molar refractivity (Wildman–Crippen MR) is 123 cm³/mol. The van der Waals surface area contributed by atoms with E-state index in [4.69, 9.17) is 18.9 Å². The monoisotopic (exact) mass is 470 g/mol. The molecule has 8 nitrogen and oxygen atoms in total. The molecule has 7 unspecified atom stereocenters. The smallest absolute Gasteiger partial charge is 0.308 e. The molecule has 0 aromatic carbocycles. The molecule has 0 amide bonds. The number of esters is 1. The van der Waals surface area contributed by atoms with E-state index in [1.807, 2.05) is 20.8 Å². The first-order valence-electron chi connectivity index (χ1n) is 12.2. The number of ether oxygens (including phenoxy) is 4. The summed E-state index contributed by atoms with van der Waals surface area (Å²) >= 11 is 0. The Kier molecular flexibility index (Phi) is 10.5. The van der Waals surface area contributed by atoms with Gasteiger partial charge in [-0.1, -0.05) is 19.4 Å². The highest BCUT2D eigenvalue weighted by molar-refractivity contribution is 5.79. The Hall–Kier alpha value is -1.32. The van der Waals surface area contributed by atoms with Gasteiger partial charge in [0.15, 0.2) is 0 Å². The lowest BCUT2D eigenvalue weighted by Crippen LogP contribution is -2.61. The van der Waals surface area contributed by atoms with Gasteiger partial charge in [0, 0.05) is 12.8 Å². The van der Waals surface area contributed by atoms with Crippen LogP contribution >= 0.6 is 0 Å². The number of unbranched alkanes of at least 4 members (excludes halogenated alkanes) is 1. The number of rotatable bonds is 9. The summed E-state index contributed by atoms with van der Waals surface area (Å²) < 4.78 is 22.8. The summed E-state index contributed by atoms with van der Waals surface area (Å²) in [5.41, 5.74) is -0.0256. The lowest BCUT2D eigenvalue weighted by atomic mass is 9.85. The molecule has 8 atom stereocenters. The van der Waals surface area contributed by atoms with Gasteiger partial charge in [-0.25, -0.2) is 0 Å². The summed E-state index contributed by atoms with van der Waals surface area (Å²) in [5, 5.41) is 21.9. The Morgan fingerprint density at radius 2 is 1.73 bits per heavy atom. The molecule has 0 bridgehead atoms. The van der Waals surface area contributed by atoms with Gasteiger partial charge in [0.05, 0.1) is 25.7 Å². The van der Waals surface area contributed by atoms with Crippen molar-refractivity contribution < 1.29 is 38.7 Å². The molecule has 190 valence electrons. The molecule has 0 aliphatic carbocycles. The zero-order valence-corrected chi connectivity index (χ0v) is 20.7. The molecular formula is C25H42O8. The molecule has 3 rings (SSSR count). The van der Waals surface area contributed by atoms with E-state index in [1.165, 1.54) is 7.11 Å². The second-order valence-electron chi connectivity index (χ2n) is 9.43. The van der Waals surface area contributed by atoms with Crippen molar-refractivity contribution in [3.8, 4) is 0 Å². The molecule has 8 heteroatoms. The average Bonchev–Trinajstić information content (AvgIpc) is 3.03. The molecule has 0 spiro atoms. The van der Waals surface area contributed by atoms with E-state index < -0.39 is 42.2 Å². The van der Waals surface area contributed by atoms with E-state index >= 15 is 0 Å². The fourth-order valence-corrected chi connectivity index (χ4v) is 4.91. The van der Waals surface area contributed by atoms with Crippen molar-refractivity contribution in [3.05, 3.63) is 12.2 Å². The van der Waals surface area contributed by atoms with Crippen LogP contribution in [-0.2, 0) is 28.5 Å². The fourth-order valence-electron chi connectivity index (χ4n) is 4.91. The Balaban J connectivity index is 0.00000187. The zero-order chi connectivity index (χ0) is 24.8. The van der Waals surface area contributed by atoms with E-state index in [2.05, 4.69) is 6.58 Å². The molecule has 3 fully saturated rings. The van der Waals surface area contributed by atoms with Crippen molar-refractivity contribution in [2.24, 2.45) is 0 Å². The largest absolute Gasteiger partial charge is 0.469 e. The molecule has 3 aliphatic rings. The zero-order valence-electron chi connectivity index (χ0n) is 20.7. The van der Waals surface area contributed by atoms with E-state index in [-0.39, 0.29) is 30.7 Å². The molecule has 3 saturated heterocycles. The Morgan fingerprint density at radius 3 is 2.36 bits per heavy atom. The van der Waals surface area contributed by atoms with Crippen LogP contribution in [0.4, 0.5) is 0 Å². The molecular weight excluding hydrogens is 428 g/mol. The topological polar surface area (TPSA) is 112 Å². The molecule has 33 heavy (non-hydrogen) atoms. The van der Waals surface area contributed by atoms with Crippen LogP contribution in [-0.4, -0.2) is 77.4 Å². The number of fused-ring (bicyclic) bond motifs is 2. The van der Waals surface area contributed by atoms with Crippen LogP contribution in [0.5, 0.6) is 0 Å². The Bertz CT molecular complexity index is 679. The van der Waals surface area contributed by atoms with Crippen molar-refractivity contribution in [1.82, 2.24) is 0 Å². The lowest BCUT2D eigenvalue weighted by molar-refractivity contribution is -0.260. The summed E-state index contributed by atoms with van der Waals surface area (Å²) in [4.78, 5) is 24.1. The van der Waals surface area contributed by atoms with Crippen molar-refractivity contribution in [3.63, 3.8) is 0 Å². The van der Waals surface area contributed by atoms with Crippen molar-refractivity contribution in [2.75, 3.05) is 7.11 Å². The van der Waals surface area contributed by atoms with Crippen molar-refractivity contribution in [1.29, 1.82) is 0 Å². The van der Waals surface area contributed by atoms with Crippen LogP contribution in [0, 0.1) is 0 Å². The third kappa shape index (κ3) is 6.85. The van der Waals surface area contributed by atoms with Crippen LogP contribution in [0.1, 0.15) is 79.1 Å². The molecule has 0 aromatic rings. The minimum absolute atomic E-state index is 0.0169. The number of ketones is 1. The van der Waals surface area contributed by atoms with Gasteiger partial charge in [0.1, 0.15) is 41.9 Å². The van der Waals surface area contributed by atoms with Gasteiger partial charge >= 0.3 is 5.97 Å². The summed E-state index contributed by atoms with van der Waals surface area (Å²) in [6.07, 6.45) is -0.635. The maximum absolute atomic E-state index is 12.5. The second-order valence-corrected chi connectivity index (χ2v) is 9.43. The predicted octanol–water partition coefficient (Wildman–Crippen LogP) is 2.87. The van der Waals surface area contributed by atoms with Crippen LogP contribution < -0.4 is 0 Å². The quantitative estimate of drug-likeness (QED) is 0.301. The Labute approximate surface area is 197 Å². The first-order valence-corrected chi connectivity index (χ1v) is 12.2. The van der Waals surface area contributed by atoms with Gasteiger partial charge in [-0.15, -0.1) is 6.58 Å². The number of allylic oxidation sites excluding steroid dienone is 1. The third-order valence-corrected chi connectivity index (χ3v) is 6.64. The maximum atomic E-state index is 12.5. The highest BCUT2D eigenvalue weighted by Gasteiger charge is 2.61. The first-order chi connectivity index (χ1) is 15.6. The minimum atomic E-state index is -1.12. The highest BCUT2D eigenvalue weighted by atomic mass is 16.6. The normalized spacial score (nSPS) is 37.2. The van der Waals surface area contributed by atoms with E-state index in [1.54, 1.807) is 6.92 Å². The fraction of sp³-hybridized carbons (Fsp3) is 0.840. The average molecular weight is 471 g/mol. The minimum Gasteiger partial charge on any atom is -0.469 e. The van der Waals surface area contributed by atoms with Gasteiger partial charge in [-0.05, 0) is 46.0 Å². The van der Waals surface area contributed by atoms with Gasteiger partial charge < -0.3 is 29.2 Å². The van der Waals surface area contributed by atoms with Gasteiger partial charge in [-0.3, -0.25) is 9.59 Å². The maximum Gasteiger partial charge on any atom is 0.308 e. The SMILES string of the molecule is C=C(C)CCCCC(=O)C[C@@]1(C)OC2C(O)C3OC(CC(=O)OC)CCC3OC2C1O.CC. The van der Waals surface area contributed by atoms with Crippen LogP contribution in [0.3, 0.4) is 0 Å². The summed E-state index contributed by atoms with van der Waals surface area (Å²) in [7, 11) is 1.33. The lowest BCUT2D eigenvalue weighted by Gasteiger charge is -2.46. The second kappa shape index (κ2) is 12.4. The molecule has 0 radical (unpaired) electrons. The van der Waals surface area contributed by atoms with E-state index in [0.717, 1.165) is 24.8 Å². The number of carbonyl (C=O) groups excluding carboxylic acids is 2. The number of aliphatic hydroxyl groups is 2. The third-order valence-electron chi connectivity index (χ3n) is 6.64. The Morgan fingerprint density at radius 1 is 1.06 bits per heavy atom. The van der Waals surface area contributed by atoms with Gasteiger partial charge in [-0.2, -0.15) is 0 Å². The summed E-state index contributed by atoms with van der Waals surface area (Å²) in [6, 6.07) is 0. The van der Waals surface area contributed by atoms with Crippen LogP contribution in [0.15, 0.2) is 12.2 Å². The summed E-state index contributed by atoms with van der Waals surface area (Å²) in [6.45, 7) is 11.5. The van der Waals surface area contributed by atoms with Crippen molar-refractivity contribution >= 4 is 11.8 Å². The number of carbonyl (C=O) groups is 2. The van der Waals surface area contributed by atoms with E-state index in [9.17, 15) is 19.8 Å². The number of hydrogen-bond acceptors (Lipinski definition) is 8. The molecule has 3 aliphatic heterocycles. The van der Waals surface area contributed by atoms with Crippen molar-refractivity contribution in [2.45, 2.75) is 127 Å². The summed E-state index contributed by atoms with van der Waals surface area (Å²) in [5.74, 6) is -0.349. The standard InChI is InChI=1S/C23H36O8.C2H6/c1-13(2)7-5-6-8-14(24)12-23(3)22(27)21-20(31-23)18(26)19-16(30-21)10-9-15(29-19)11-17(25)28-4;1-2/h15-16,18-22,26-27H,1,5-12H2,2-4H3;1-2H3/t15?,16?,18?,19?,20?,21?,22?,23-;/m1./s1. The van der Waals surface area contributed by atoms with Crippen LogP contribution in [0.2, 0.25) is 0 Å². The molecule has 2 N–H and O–H groups in total. The number of methoxy groups -OCH3 is 1. The molecule has 0 saturated carbocycles.